The third kappa shape index (κ3) is 4.94. The van der Waals surface area contributed by atoms with Crippen molar-refractivity contribution in [2.75, 3.05) is 13.1 Å². The van der Waals surface area contributed by atoms with Crippen LogP contribution in [-0.4, -0.2) is 47.3 Å². The first-order chi connectivity index (χ1) is 10.9. The van der Waals surface area contributed by atoms with Crippen molar-refractivity contribution in [2.24, 2.45) is 5.92 Å². The van der Waals surface area contributed by atoms with Gasteiger partial charge in [-0.25, -0.2) is 0 Å². The summed E-state index contributed by atoms with van der Waals surface area (Å²) in [6.45, 7) is 10.2. The monoisotopic (exact) mass is 320 g/mol. The molecule has 0 aliphatic carbocycles. The lowest BCUT2D eigenvalue weighted by Gasteiger charge is -2.41. The lowest BCUT2D eigenvalue weighted by molar-refractivity contribution is -0.135. The van der Waals surface area contributed by atoms with E-state index in [0.717, 1.165) is 18.7 Å². The summed E-state index contributed by atoms with van der Waals surface area (Å²) in [5, 5.41) is 12.5. The smallest absolute Gasteiger partial charge is 0.237 e. The Morgan fingerprint density at radius 3 is 2.57 bits per heavy atom. The Morgan fingerprint density at radius 1 is 1.35 bits per heavy atom. The summed E-state index contributed by atoms with van der Waals surface area (Å²) in [6, 6.07) is 6.80. The van der Waals surface area contributed by atoms with E-state index in [9.17, 15) is 9.90 Å². The number of aromatic hydroxyl groups is 1. The van der Waals surface area contributed by atoms with E-state index in [1.807, 2.05) is 19.9 Å². The molecule has 1 heterocycles. The van der Waals surface area contributed by atoms with Crippen LogP contribution in [0.1, 0.15) is 33.3 Å². The number of hydrogen-bond acceptors (Lipinski definition) is 4. The van der Waals surface area contributed by atoms with Crippen LogP contribution in [-0.2, 0) is 16.1 Å². The van der Waals surface area contributed by atoms with E-state index in [1.165, 1.54) is 0 Å². The number of carbonyl (C=O) groups excluding carboxylic acids is 1. The molecular formula is C18H28N2O3. The number of hydrogen-bond donors (Lipinski definition) is 2. The van der Waals surface area contributed by atoms with E-state index in [0.29, 0.717) is 6.54 Å². The molecule has 0 spiro atoms. The molecule has 23 heavy (non-hydrogen) atoms. The summed E-state index contributed by atoms with van der Waals surface area (Å²) in [4.78, 5) is 14.9. The highest BCUT2D eigenvalue weighted by Crippen LogP contribution is 2.19. The van der Waals surface area contributed by atoms with Gasteiger partial charge in [-0.1, -0.05) is 26.0 Å². The molecule has 1 aromatic rings. The molecule has 1 amide bonds. The summed E-state index contributed by atoms with van der Waals surface area (Å²) < 4.78 is 5.77. The van der Waals surface area contributed by atoms with Gasteiger partial charge in [0.1, 0.15) is 5.75 Å². The molecule has 1 saturated heterocycles. The average Bonchev–Trinajstić information content (AvgIpc) is 2.44. The minimum atomic E-state index is -0.166. The minimum Gasteiger partial charge on any atom is -0.508 e. The van der Waals surface area contributed by atoms with Gasteiger partial charge in [-0.2, -0.15) is 0 Å². The van der Waals surface area contributed by atoms with Crippen molar-refractivity contribution >= 4 is 5.91 Å². The average molecular weight is 320 g/mol. The van der Waals surface area contributed by atoms with Crippen molar-refractivity contribution < 1.29 is 14.6 Å². The second-order valence-corrected chi connectivity index (χ2v) is 6.79. The van der Waals surface area contributed by atoms with Crippen molar-refractivity contribution in [3.8, 4) is 5.75 Å². The van der Waals surface area contributed by atoms with Gasteiger partial charge in [0, 0.05) is 19.6 Å². The number of ether oxygens (including phenoxy) is 1. The fourth-order valence-corrected chi connectivity index (χ4v) is 3.30. The molecule has 0 aromatic heterocycles. The number of amides is 1. The minimum absolute atomic E-state index is 0.0321. The number of phenolic OH excluding ortho intramolecular Hbond substituents is 1. The van der Waals surface area contributed by atoms with Gasteiger partial charge in [-0.05, 0) is 37.5 Å². The standard InChI is InChI=1S/C18H28N2O3/c1-12(2)17(20-10-13(3)23-14(4)11-20)18(22)19-9-15-6-5-7-16(21)8-15/h5-8,12-14,17,21H,9-11H2,1-4H3,(H,19,22). The van der Waals surface area contributed by atoms with Crippen molar-refractivity contribution in [1.82, 2.24) is 10.2 Å². The molecule has 2 rings (SSSR count). The lowest BCUT2D eigenvalue weighted by Crippen LogP contribution is -2.56. The van der Waals surface area contributed by atoms with Gasteiger partial charge in [0.25, 0.3) is 0 Å². The van der Waals surface area contributed by atoms with Gasteiger partial charge >= 0.3 is 0 Å². The third-order valence-corrected chi connectivity index (χ3v) is 4.12. The molecule has 1 aliphatic rings. The van der Waals surface area contributed by atoms with Crippen LogP contribution in [0.5, 0.6) is 5.75 Å². The third-order valence-electron chi connectivity index (χ3n) is 4.12. The zero-order chi connectivity index (χ0) is 17.0. The number of benzene rings is 1. The molecular weight excluding hydrogens is 292 g/mol. The summed E-state index contributed by atoms with van der Waals surface area (Å²) >= 11 is 0. The molecule has 1 aliphatic heterocycles. The summed E-state index contributed by atoms with van der Waals surface area (Å²) in [5.41, 5.74) is 0.893. The zero-order valence-electron chi connectivity index (χ0n) is 14.5. The van der Waals surface area contributed by atoms with Crippen LogP contribution in [0.15, 0.2) is 24.3 Å². The van der Waals surface area contributed by atoms with E-state index in [-0.39, 0.29) is 35.8 Å². The predicted octanol–water partition coefficient (Wildman–Crippen LogP) is 2.14. The van der Waals surface area contributed by atoms with Crippen LogP contribution < -0.4 is 5.32 Å². The van der Waals surface area contributed by atoms with Gasteiger partial charge in [0.2, 0.25) is 5.91 Å². The van der Waals surface area contributed by atoms with E-state index < -0.39 is 0 Å². The number of phenols is 1. The zero-order valence-corrected chi connectivity index (χ0v) is 14.5. The van der Waals surface area contributed by atoms with E-state index >= 15 is 0 Å². The lowest BCUT2D eigenvalue weighted by atomic mass is 9.99. The van der Waals surface area contributed by atoms with Crippen molar-refractivity contribution in [3.05, 3.63) is 29.8 Å². The van der Waals surface area contributed by atoms with Gasteiger partial charge in [-0.3, -0.25) is 9.69 Å². The summed E-state index contributed by atoms with van der Waals surface area (Å²) in [6.07, 6.45) is 0.276. The number of rotatable bonds is 5. The first kappa shape index (κ1) is 17.8. The summed E-state index contributed by atoms with van der Waals surface area (Å²) in [5.74, 6) is 0.467. The topological polar surface area (TPSA) is 61.8 Å². The maximum atomic E-state index is 12.7. The normalized spacial score (nSPS) is 23.7. The second-order valence-electron chi connectivity index (χ2n) is 6.79. The van der Waals surface area contributed by atoms with Gasteiger partial charge in [0.15, 0.2) is 0 Å². The summed E-state index contributed by atoms with van der Waals surface area (Å²) in [7, 11) is 0. The highest BCUT2D eigenvalue weighted by Gasteiger charge is 2.33. The Labute approximate surface area is 138 Å². The van der Waals surface area contributed by atoms with Crippen molar-refractivity contribution in [3.63, 3.8) is 0 Å². The fraction of sp³-hybridized carbons (Fsp3) is 0.611. The number of carbonyl (C=O) groups is 1. The molecule has 1 fully saturated rings. The Hall–Kier alpha value is -1.59. The van der Waals surface area contributed by atoms with E-state index in [1.54, 1.807) is 18.2 Å². The molecule has 3 unspecified atom stereocenters. The molecule has 5 nitrogen and oxygen atoms in total. The van der Waals surface area contributed by atoms with Crippen LogP contribution in [0.25, 0.3) is 0 Å². The van der Waals surface area contributed by atoms with Gasteiger partial charge in [0.05, 0.1) is 18.2 Å². The SMILES string of the molecule is CC1CN(C(C(=O)NCc2cccc(O)c2)C(C)C)CC(C)O1. The van der Waals surface area contributed by atoms with Crippen LogP contribution in [0.3, 0.4) is 0 Å². The van der Waals surface area contributed by atoms with Crippen molar-refractivity contribution in [1.29, 1.82) is 0 Å². The van der Waals surface area contributed by atoms with Gasteiger partial charge in [-0.15, -0.1) is 0 Å². The molecule has 0 radical (unpaired) electrons. The quantitative estimate of drug-likeness (QED) is 0.872. The molecule has 0 saturated carbocycles. The second kappa shape index (κ2) is 7.79. The molecule has 5 heteroatoms. The maximum absolute atomic E-state index is 12.7. The number of nitrogens with zero attached hydrogens (tertiary/aromatic N) is 1. The van der Waals surface area contributed by atoms with Crippen LogP contribution in [0, 0.1) is 5.92 Å². The van der Waals surface area contributed by atoms with Crippen LogP contribution in [0.4, 0.5) is 0 Å². The number of morpholine rings is 1. The predicted molar refractivity (Wildman–Crippen MR) is 90.2 cm³/mol. The Balaban J connectivity index is 2.01. The Morgan fingerprint density at radius 2 is 2.00 bits per heavy atom. The highest BCUT2D eigenvalue weighted by molar-refractivity contribution is 5.82. The first-order valence-electron chi connectivity index (χ1n) is 8.32. The highest BCUT2D eigenvalue weighted by atomic mass is 16.5. The molecule has 3 atom stereocenters. The largest absolute Gasteiger partial charge is 0.508 e. The van der Waals surface area contributed by atoms with Crippen molar-refractivity contribution in [2.45, 2.75) is 52.5 Å². The molecule has 128 valence electrons. The Kier molecular flexibility index (Phi) is 6.02. The first-order valence-corrected chi connectivity index (χ1v) is 8.32. The van der Waals surface area contributed by atoms with Crippen LogP contribution in [0.2, 0.25) is 0 Å². The molecule has 2 N–H and O–H groups in total. The number of nitrogens with one attached hydrogen (secondary N) is 1. The fourth-order valence-electron chi connectivity index (χ4n) is 3.30. The maximum Gasteiger partial charge on any atom is 0.237 e. The molecule has 1 aromatic carbocycles. The van der Waals surface area contributed by atoms with E-state index in [4.69, 9.17) is 4.74 Å². The molecule has 0 bridgehead atoms. The van der Waals surface area contributed by atoms with Gasteiger partial charge < -0.3 is 15.2 Å². The Bertz CT molecular complexity index is 523. The van der Waals surface area contributed by atoms with Crippen LogP contribution >= 0.6 is 0 Å². The van der Waals surface area contributed by atoms with E-state index in [2.05, 4.69) is 24.1 Å².